The fraction of sp³-hybridized carbons (Fsp3) is 0.381. The number of carbonyl (C=O) groups is 1. The van der Waals surface area contributed by atoms with Crippen LogP contribution in [-0.2, 0) is 17.8 Å². The first-order valence-corrected chi connectivity index (χ1v) is 10.6. The smallest absolute Gasteiger partial charge is 0.258 e. The van der Waals surface area contributed by atoms with Gasteiger partial charge in [0.15, 0.2) is 4.96 Å². The van der Waals surface area contributed by atoms with E-state index < -0.39 is 0 Å². The van der Waals surface area contributed by atoms with Crippen LogP contribution in [0.25, 0.3) is 4.96 Å². The Bertz CT molecular complexity index is 990. The summed E-state index contributed by atoms with van der Waals surface area (Å²) in [4.78, 5) is 32.0. The van der Waals surface area contributed by atoms with Crippen molar-refractivity contribution in [3.63, 3.8) is 0 Å². The van der Waals surface area contributed by atoms with Crippen molar-refractivity contribution >= 4 is 22.2 Å². The van der Waals surface area contributed by atoms with Crippen LogP contribution in [0.5, 0.6) is 0 Å². The topological polar surface area (TPSA) is 66.7 Å². The first-order chi connectivity index (χ1) is 13.7. The van der Waals surface area contributed by atoms with E-state index in [4.69, 9.17) is 0 Å². The van der Waals surface area contributed by atoms with Gasteiger partial charge in [0.1, 0.15) is 0 Å². The second-order valence-corrected chi connectivity index (χ2v) is 8.12. The third-order valence-corrected chi connectivity index (χ3v) is 5.93. The molecular formula is C21H24N4O2S. The quantitative estimate of drug-likeness (QED) is 0.695. The Hall–Kier alpha value is -2.51. The van der Waals surface area contributed by atoms with E-state index in [1.54, 1.807) is 16.7 Å². The maximum Gasteiger partial charge on any atom is 0.258 e. The molecule has 0 radical (unpaired) electrons. The van der Waals surface area contributed by atoms with Crippen molar-refractivity contribution in [3.05, 3.63) is 69.6 Å². The van der Waals surface area contributed by atoms with Crippen LogP contribution in [0, 0.1) is 0 Å². The van der Waals surface area contributed by atoms with Gasteiger partial charge in [-0.15, -0.1) is 11.3 Å². The molecule has 0 bridgehead atoms. The molecule has 1 aromatic carbocycles. The number of amides is 1. The Morgan fingerprint density at radius 3 is 2.79 bits per heavy atom. The summed E-state index contributed by atoms with van der Waals surface area (Å²) < 4.78 is 1.57. The highest BCUT2D eigenvalue weighted by atomic mass is 32.1. The minimum absolute atomic E-state index is 0.0261. The van der Waals surface area contributed by atoms with Crippen LogP contribution in [0.4, 0.5) is 0 Å². The van der Waals surface area contributed by atoms with Crippen molar-refractivity contribution in [3.8, 4) is 0 Å². The number of piperidine rings is 1. The molecule has 3 aromatic rings. The number of aryl methyl sites for hydroxylation is 1. The average Bonchev–Trinajstić information content (AvgIpc) is 3.18. The fourth-order valence-electron chi connectivity index (χ4n) is 3.64. The normalized spacial score (nSPS) is 15.7. The van der Waals surface area contributed by atoms with Gasteiger partial charge in [-0.05, 0) is 24.8 Å². The van der Waals surface area contributed by atoms with Gasteiger partial charge in [0.25, 0.3) is 5.56 Å². The van der Waals surface area contributed by atoms with E-state index in [1.807, 2.05) is 23.6 Å². The van der Waals surface area contributed by atoms with Gasteiger partial charge in [0, 0.05) is 49.7 Å². The summed E-state index contributed by atoms with van der Waals surface area (Å²) >= 11 is 1.47. The number of nitrogens with zero attached hydrogens (tertiary/aromatic N) is 3. The van der Waals surface area contributed by atoms with Crippen molar-refractivity contribution in [1.82, 2.24) is 19.6 Å². The molecule has 4 rings (SSSR count). The van der Waals surface area contributed by atoms with E-state index in [9.17, 15) is 9.59 Å². The van der Waals surface area contributed by atoms with Gasteiger partial charge in [0.2, 0.25) is 5.91 Å². The Labute approximate surface area is 167 Å². The van der Waals surface area contributed by atoms with Gasteiger partial charge in [-0.1, -0.05) is 30.3 Å². The highest BCUT2D eigenvalue weighted by Crippen LogP contribution is 2.14. The van der Waals surface area contributed by atoms with E-state index in [0.29, 0.717) is 13.0 Å². The lowest BCUT2D eigenvalue weighted by Crippen LogP contribution is -2.44. The number of likely N-dealkylation sites (tertiary alicyclic amines) is 1. The number of carbonyl (C=O) groups excluding carboxylic acids is 1. The number of hydrogen-bond acceptors (Lipinski definition) is 5. The summed E-state index contributed by atoms with van der Waals surface area (Å²) in [7, 11) is 0. The Kier molecular flexibility index (Phi) is 5.83. The molecule has 28 heavy (non-hydrogen) atoms. The number of nitrogens with one attached hydrogen (secondary N) is 1. The van der Waals surface area contributed by atoms with Crippen LogP contribution in [-0.4, -0.2) is 39.3 Å². The van der Waals surface area contributed by atoms with Crippen LogP contribution in [0.3, 0.4) is 0 Å². The largest absolute Gasteiger partial charge is 0.353 e. The molecule has 3 heterocycles. The molecule has 1 amide bonds. The molecule has 1 saturated heterocycles. The van der Waals surface area contributed by atoms with Gasteiger partial charge < -0.3 is 5.32 Å². The van der Waals surface area contributed by atoms with E-state index in [0.717, 1.165) is 43.0 Å². The monoisotopic (exact) mass is 396 g/mol. The lowest BCUT2D eigenvalue weighted by molar-refractivity contribution is -0.122. The van der Waals surface area contributed by atoms with Gasteiger partial charge >= 0.3 is 0 Å². The maximum absolute atomic E-state index is 12.2. The first-order valence-electron chi connectivity index (χ1n) is 9.69. The van der Waals surface area contributed by atoms with Gasteiger partial charge in [-0.2, -0.15) is 0 Å². The number of thiazole rings is 1. The molecule has 0 atom stereocenters. The van der Waals surface area contributed by atoms with Gasteiger partial charge in [0.05, 0.1) is 5.69 Å². The summed E-state index contributed by atoms with van der Waals surface area (Å²) in [5.41, 5.74) is 1.98. The molecule has 1 fully saturated rings. The Balaban J connectivity index is 1.24. The first kappa shape index (κ1) is 18.8. The van der Waals surface area contributed by atoms with E-state index in [1.165, 1.54) is 16.9 Å². The lowest BCUT2D eigenvalue weighted by atomic mass is 10.0. The number of aromatic nitrogens is 2. The van der Waals surface area contributed by atoms with Crippen LogP contribution in [0.2, 0.25) is 0 Å². The standard InChI is InChI=1S/C21H24N4O2S/c26-19(7-6-16-4-2-1-3-5-16)22-17-8-10-24(11-9-17)15-18-14-20(27)25-12-13-28-21(25)23-18/h1-5,12-14,17H,6-11,15H2,(H,22,26). The Morgan fingerprint density at radius 1 is 1.21 bits per heavy atom. The van der Waals surface area contributed by atoms with Crippen LogP contribution in [0.15, 0.2) is 52.8 Å². The zero-order valence-corrected chi connectivity index (χ0v) is 16.5. The molecule has 7 heteroatoms. The predicted molar refractivity (Wildman–Crippen MR) is 111 cm³/mol. The second-order valence-electron chi connectivity index (χ2n) is 7.24. The summed E-state index contributed by atoms with van der Waals surface area (Å²) in [5, 5.41) is 5.04. The highest BCUT2D eigenvalue weighted by Gasteiger charge is 2.21. The molecule has 146 valence electrons. The number of fused-ring (bicyclic) bond motifs is 1. The van der Waals surface area contributed by atoms with Gasteiger partial charge in [-0.25, -0.2) is 4.98 Å². The summed E-state index contributed by atoms with van der Waals surface area (Å²) in [6, 6.07) is 12.0. The molecule has 0 spiro atoms. The molecule has 6 nitrogen and oxygen atoms in total. The van der Waals surface area contributed by atoms with Crippen molar-refractivity contribution in [2.45, 2.75) is 38.3 Å². The molecule has 2 aromatic heterocycles. The molecule has 0 aliphatic carbocycles. The zero-order valence-electron chi connectivity index (χ0n) is 15.7. The van der Waals surface area contributed by atoms with E-state index >= 15 is 0 Å². The molecule has 1 aliphatic heterocycles. The third-order valence-electron chi connectivity index (χ3n) is 5.18. The maximum atomic E-state index is 12.2. The molecule has 0 unspecified atom stereocenters. The predicted octanol–water partition coefficient (Wildman–Crippen LogP) is 2.47. The molecule has 1 aliphatic rings. The van der Waals surface area contributed by atoms with E-state index in [-0.39, 0.29) is 17.5 Å². The van der Waals surface area contributed by atoms with Crippen LogP contribution >= 0.6 is 11.3 Å². The number of rotatable bonds is 6. The minimum atomic E-state index is -0.0261. The SMILES string of the molecule is O=C(CCc1ccccc1)NC1CCN(Cc2cc(=O)n3ccsc3n2)CC1. The summed E-state index contributed by atoms with van der Waals surface area (Å²) in [6.45, 7) is 2.47. The van der Waals surface area contributed by atoms with Crippen molar-refractivity contribution in [1.29, 1.82) is 0 Å². The molecule has 0 saturated carbocycles. The van der Waals surface area contributed by atoms with Crippen molar-refractivity contribution < 1.29 is 4.79 Å². The van der Waals surface area contributed by atoms with Crippen molar-refractivity contribution in [2.24, 2.45) is 0 Å². The summed E-state index contributed by atoms with van der Waals surface area (Å²) in [6.07, 6.45) is 4.91. The van der Waals surface area contributed by atoms with E-state index in [2.05, 4.69) is 27.3 Å². The lowest BCUT2D eigenvalue weighted by Gasteiger charge is -2.32. The average molecular weight is 397 g/mol. The number of hydrogen-bond donors (Lipinski definition) is 1. The third kappa shape index (κ3) is 4.66. The van der Waals surface area contributed by atoms with Crippen molar-refractivity contribution in [2.75, 3.05) is 13.1 Å². The Morgan fingerprint density at radius 2 is 2.00 bits per heavy atom. The number of benzene rings is 1. The summed E-state index contributed by atoms with van der Waals surface area (Å²) in [5.74, 6) is 0.125. The molecular weight excluding hydrogens is 372 g/mol. The van der Waals surface area contributed by atoms with Crippen LogP contribution in [0.1, 0.15) is 30.5 Å². The van der Waals surface area contributed by atoms with Crippen LogP contribution < -0.4 is 10.9 Å². The highest BCUT2D eigenvalue weighted by molar-refractivity contribution is 7.15. The molecule has 1 N–H and O–H groups in total. The zero-order chi connectivity index (χ0) is 19.3. The fourth-order valence-corrected chi connectivity index (χ4v) is 4.37. The van der Waals surface area contributed by atoms with Gasteiger partial charge in [-0.3, -0.25) is 18.9 Å². The second kappa shape index (κ2) is 8.67. The minimum Gasteiger partial charge on any atom is -0.353 e.